The lowest BCUT2D eigenvalue weighted by Gasteiger charge is -2.22. The average molecular weight is 247 g/mol. The predicted molar refractivity (Wildman–Crippen MR) is 62.3 cm³/mol. The van der Waals surface area contributed by atoms with Crippen molar-refractivity contribution in [3.8, 4) is 0 Å². The molecule has 2 fully saturated rings. The van der Waals surface area contributed by atoms with Crippen LogP contribution in [0.4, 0.5) is 4.79 Å². The molecule has 6 heteroatoms. The summed E-state index contributed by atoms with van der Waals surface area (Å²) >= 11 is 6.38. The van der Waals surface area contributed by atoms with Crippen molar-refractivity contribution in [1.29, 1.82) is 0 Å². The average Bonchev–Trinajstić information content (AvgIpc) is 2.74. The van der Waals surface area contributed by atoms with Crippen molar-refractivity contribution in [3.05, 3.63) is 0 Å². The first kappa shape index (κ1) is 11.0. The Kier molecular flexibility index (Phi) is 3.06. The van der Waals surface area contributed by atoms with Gasteiger partial charge in [0.2, 0.25) is 4.38 Å². The third kappa shape index (κ3) is 1.92. The monoisotopic (exact) mass is 247 g/mol. The highest BCUT2D eigenvalue weighted by atomic mass is 32.2. The zero-order valence-electron chi connectivity index (χ0n) is 8.38. The molecule has 2 heterocycles. The molecule has 0 aromatic heterocycles. The highest BCUT2D eigenvalue weighted by molar-refractivity contribution is 8.22. The fourth-order valence-corrected chi connectivity index (χ4v) is 2.87. The van der Waals surface area contributed by atoms with Gasteiger partial charge in [0.05, 0.1) is 6.04 Å². The summed E-state index contributed by atoms with van der Waals surface area (Å²) in [6, 6.07) is 0.153. The van der Waals surface area contributed by atoms with Gasteiger partial charge in [-0.25, -0.2) is 4.79 Å². The first-order chi connectivity index (χ1) is 7.13. The maximum atomic E-state index is 11.0. The predicted octanol–water partition coefficient (Wildman–Crippen LogP) is 1.93. The van der Waals surface area contributed by atoms with Gasteiger partial charge < -0.3 is 9.84 Å². The van der Waals surface area contributed by atoms with Crippen LogP contribution in [-0.2, 0) is 4.74 Å². The third-order valence-electron chi connectivity index (χ3n) is 3.12. The van der Waals surface area contributed by atoms with Crippen LogP contribution in [0.25, 0.3) is 0 Å². The zero-order chi connectivity index (χ0) is 11.0. The summed E-state index contributed by atoms with van der Waals surface area (Å²) in [7, 11) is 0. The number of hydrogen-bond donors (Lipinski definition) is 1. The molecule has 84 valence electrons. The number of rotatable bonds is 1. The second-order valence-electron chi connectivity index (χ2n) is 3.83. The normalized spacial score (nSPS) is 33.1. The van der Waals surface area contributed by atoms with E-state index in [1.807, 2.05) is 6.26 Å². The SMILES string of the molecule is CSC(=S)OC1C[C@H]2CC[C@@H]1N2C(=O)O. The summed E-state index contributed by atoms with van der Waals surface area (Å²) in [6.07, 6.45) is 3.66. The maximum absolute atomic E-state index is 11.0. The molecule has 4 nitrogen and oxygen atoms in total. The zero-order valence-corrected chi connectivity index (χ0v) is 10.0. The van der Waals surface area contributed by atoms with Crippen LogP contribution >= 0.6 is 24.0 Å². The minimum atomic E-state index is -0.830. The van der Waals surface area contributed by atoms with E-state index in [0.29, 0.717) is 4.38 Å². The van der Waals surface area contributed by atoms with Crippen molar-refractivity contribution in [2.45, 2.75) is 37.5 Å². The van der Waals surface area contributed by atoms with Crippen LogP contribution in [0.15, 0.2) is 0 Å². The molecule has 15 heavy (non-hydrogen) atoms. The van der Waals surface area contributed by atoms with Crippen molar-refractivity contribution < 1.29 is 14.6 Å². The Morgan fingerprint density at radius 1 is 1.60 bits per heavy atom. The van der Waals surface area contributed by atoms with Crippen molar-refractivity contribution >= 4 is 34.5 Å². The largest absolute Gasteiger partial charge is 0.473 e. The van der Waals surface area contributed by atoms with E-state index in [4.69, 9.17) is 22.1 Å². The molecule has 0 aliphatic carbocycles. The lowest BCUT2D eigenvalue weighted by atomic mass is 9.98. The van der Waals surface area contributed by atoms with E-state index in [9.17, 15) is 4.79 Å². The summed E-state index contributed by atoms with van der Waals surface area (Å²) < 4.78 is 6.08. The quantitative estimate of drug-likeness (QED) is 0.718. The number of carboxylic acid groups (broad SMARTS) is 1. The van der Waals surface area contributed by atoms with E-state index in [1.54, 1.807) is 0 Å². The van der Waals surface area contributed by atoms with Gasteiger partial charge in [-0.1, -0.05) is 11.8 Å². The number of fused-ring (bicyclic) bond motifs is 2. The number of thioether (sulfide) groups is 1. The van der Waals surface area contributed by atoms with Gasteiger partial charge in [0.25, 0.3) is 0 Å². The Morgan fingerprint density at radius 2 is 2.33 bits per heavy atom. The van der Waals surface area contributed by atoms with Crippen LogP contribution < -0.4 is 0 Å². The molecule has 1 N–H and O–H groups in total. The second kappa shape index (κ2) is 4.17. The smallest absolute Gasteiger partial charge is 0.407 e. The molecule has 0 spiro atoms. The van der Waals surface area contributed by atoms with Gasteiger partial charge in [-0.05, 0) is 31.3 Å². The lowest BCUT2D eigenvalue weighted by Crippen LogP contribution is -2.37. The molecule has 0 aromatic carbocycles. The maximum Gasteiger partial charge on any atom is 0.407 e. The fraction of sp³-hybridized carbons (Fsp3) is 0.778. The van der Waals surface area contributed by atoms with Crippen LogP contribution in [0.2, 0.25) is 0 Å². The topological polar surface area (TPSA) is 49.8 Å². The van der Waals surface area contributed by atoms with Gasteiger partial charge in [-0.3, -0.25) is 4.90 Å². The minimum Gasteiger partial charge on any atom is -0.473 e. The van der Waals surface area contributed by atoms with Gasteiger partial charge >= 0.3 is 6.09 Å². The molecular weight excluding hydrogens is 234 g/mol. The molecule has 0 aromatic rings. The van der Waals surface area contributed by atoms with Crippen molar-refractivity contribution in [2.75, 3.05) is 6.26 Å². The van der Waals surface area contributed by atoms with Crippen LogP contribution in [-0.4, -0.2) is 44.9 Å². The molecule has 0 radical (unpaired) electrons. The number of ether oxygens (including phenoxy) is 1. The molecule has 1 amide bonds. The van der Waals surface area contributed by atoms with E-state index >= 15 is 0 Å². The molecule has 2 rings (SSSR count). The molecule has 2 aliphatic heterocycles. The first-order valence-corrected chi connectivity index (χ1v) is 6.52. The van der Waals surface area contributed by atoms with Gasteiger partial charge in [0.15, 0.2) is 0 Å². The molecule has 1 unspecified atom stereocenters. The Hall–Kier alpha value is -0.490. The summed E-state index contributed by atoms with van der Waals surface area (Å²) in [5.41, 5.74) is 0. The minimum absolute atomic E-state index is 0.0117. The van der Waals surface area contributed by atoms with Crippen molar-refractivity contribution in [1.82, 2.24) is 4.90 Å². The van der Waals surface area contributed by atoms with Crippen LogP contribution in [0.3, 0.4) is 0 Å². The van der Waals surface area contributed by atoms with Crippen molar-refractivity contribution in [3.63, 3.8) is 0 Å². The molecule has 2 aliphatic rings. The number of hydrogen-bond acceptors (Lipinski definition) is 4. The van der Waals surface area contributed by atoms with Crippen LogP contribution in [0, 0.1) is 0 Å². The fourth-order valence-electron chi connectivity index (χ4n) is 2.53. The number of carbonyl (C=O) groups is 1. The molecule has 2 saturated heterocycles. The lowest BCUT2D eigenvalue weighted by molar-refractivity contribution is 0.116. The summed E-state index contributed by atoms with van der Waals surface area (Å²) in [6.45, 7) is 0. The van der Waals surface area contributed by atoms with Gasteiger partial charge in [-0.2, -0.15) is 0 Å². The molecule has 2 bridgehead atoms. The summed E-state index contributed by atoms with van der Waals surface area (Å²) in [5.74, 6) is 0. The third-order valence-corrected chi connectivity index (χ3v) is 4.14. The van der Waals surface area contributed by atoms with E-state index in [0.717, 1.165) is 19.3 Å². The van der Waals surface area contributed by atoms with E-state index in [-0.39, 0.29) is 18.2 Å². The van der Waals surface area contributed by atoms with Gasteiger partial charge in [-0.15, -0.1) is 0 Å². The van der Waals surface area contributed by atoms with Crippen LogP contribution in [0.1, 0.15) is 19.3 Å². The Labute approximate surface area is 98.0 Å². The highest BCUT2D eigenvalue weighted by Crippen LogP contribution is 2.39. The van der Waals surface area contributed by atoms with Crippen molar-refractivity contribution in [2.24, 2.45) is 0 Å². The number of thiocarbonyl (C=S) groups is 1. The highest BCUT2D eigenvalue weighted by Gasteiger charge is 2.50. The number of amides is 1. The molecule has 0 saturated carbocycles. The Morgan fingerprint density at radius 3 is 2.87 bits per heavy atom. The summed E-state index contributed by atoms with van der Waals surface area (Å²) in [4.78, 5) is 12.5. The van der Waals surface area contributed by atoms with E-state index in [1.165, 1.54) is 16.7 Å². The Bertz CT molecular complexity index is 297. The molecule has 3 atom stereocenters. The van der Waals surface area contributed by atoms with E-state index in [2.05, 4.69) is 0 Å². The standard InChI is InChI=1S/C9H13NO3S2/c1-15-9(14)13-7-4-5-2-3-6(7)10(5)8(11)12/h5-7H,2-4H2,1H3,(H,11,12)/t5-,6+,7?/m1/s1. The number of nitrogens with zero attached hydrogens (tertiary/aromatic N) is 1. The summed E-state index contributed by atoms with van der Waals surface area (Å²) in [5, 5.41) is 9.04. The molecular formula is C9H13NO3S2. The first-order valence-electron chi connectivity index (χ1n) is 4.89. The van der Waals surface area contributed by atoms with E-state index < -0.39 is 6.09 Å². The Balaban J connectivity index is 2.02. The van der Waals surface area contributed by atoms with Crippen LogP contribution in [0.5, 0.6) is 0 Å². The van der Waals surface area contributed by atoms with Gasteiger partial charge in [0.1, 0.15) is 6.10 Å². The van der Waals surface area contributed by atoms with Gasteiger partial charge in [0, 0.05) is 12.5 Å². The second-order valence-corrected chi connectivity index (χ2v) is 5.24.